The highest BCUT2D eigenvalue weighted by Gasteiger charge is 2.36. The number of rotatable bonds is 0. The topological polar surface area (TPSA) is 48.1 Å². The summed E-state index contributed by atoms with van der Waals surface area (Å²) in [7, 11) is 0. The van der Waals surface area contributed by atoms with E-state index in [1.165, 1.54) is 90.9 Å². The SMILES string of the molecule is C1CC2(CCNC2)CN1.C1CNCC2(C1)CCNCC2.CC.CC.CC.CC. The minimum atomic E-state index is 0.667. The summed E-state index contributed by atoms with van der Waals surface area (Å²) < 4.78 is 0. The third kappa shape index (κ3) is 11.1. The van der Waals surface area contributed by atoms with Crippen LogP contribution in [-0.2, 0) is 0 Å². The van der Waals surface area contributed by atoms with Gasteiger partial charge in [0.15, 0.2) is 0 Å². The number of nitrogens with one attached hydrogen (secondary N) is 4. The summed E-state index contributed by atoms with van der Waals surface area (Å²) >= 11 is 0. The maximum Gasteiger partial charge on any atom is 0.00209 e. The highest BCUT2D eigenvalue weighted by Crippen LogP contribution is 2.34. The maximum atomic E-state index is 3.52. The van der Waals surface area contributed by atoms with Crippen LogP contribution in [0.5, 0.6) is 0 Å². The van der Waals surface area contributed by atoms with Crippen LogP contribution in [0.15, 0.2) is 0 Å². The van der Waals surface area contributed by atoms with E-state index in [0.717, 1.165) is 0 Å². The number of piperidine rings is 2. The summed E-state index contributed by atoms with van der Waals surface area (Å²) in [5, 5.41) is 13.8. The molecule has 0 saturated carbocycles. The van der Waals surface area contributed by atoms with Crippen LogP contribution in [0.4, 0.5) is 0 Å². The smallest absolute Gasteiger partial charge is 0.00209 e. The lowest BCUT2D eigenvalue weighted by Gasteiger charge is -2.41. The van der Waals surface area contributed by atoms with Crippen molar-refractivity contribution in [3.05, 3.63) is 0 Å². The van der Waals surface area contributed by atoms with Gasteiger partial charge in [-0.3, -0.25) is 0 Å². The zero-order chi connectivity index (χ0) is 21.7. The molecule has 0 aromatic rings. The van der Waals surface area contributed by atoms with E-state index in [1.807, 2.05) is 55.4 Å². The molecule has 0 unspecified atom stereocenters. The molecule has 172 valence electrons. The van der Waals surface area contributed by atoms with Gasteiger partial charge in [0.2, 0.25) is 0 Å². The molecular weight excluding hydrogens is 344 g/mol. The van der Waals surface area contributed by atoms with Gasteiger partial charge in [-0.05, 0) is 82.1 Å². The predicted octanol–water partition coefficient (Wildman–Crippen LogP) is 4.80. The van der Waals surface area contributed by atoms with Crippen molar-refractivity contribution in [3.8, 4) is 0 Å². The molecule has 0 aromatic carbocycles. The lowest BCUT2D eigenvalue weighted by molar-refractivity contribution is 0.150. The fourth-order valence-electron chi connectivity index (χ4n) is 4.37. The molecule has 28 heavy (non-hydrogen) atoms. The van der Waals surface area contributed by atoms with Gasteiger partial charge < -0.3 is 21.3 Å². The lowest BCUT2D eigenvalue weighted by Crippen LogP contribution is -2.46. The fraction of sp³-hybridized carbons (Fsp3) is 1.00. The average molecular weight is 401 g/mol. The van der Waals surface area contributed by atoms with Crippen LogP contribution < -0.4 is 21.3 Å². The minimum Gasteiger partial charge on any atom is -0.317 e. The fourth-order valence-corrected chi connectivity index (χ4v) is 4.37. The van der Waals surface area contributed by atoms with Crippen LogP contribution >= 0.6 is 0 Å². The molecule has 4 aliphatic rings. The summed E-state index contributed by atoms with van der Waals surface area (Å²) in [4.78, 5) is 0. The van der Waals surface area contributed by atoms with E-state index in [1.54, 1.807) is 0 Å². The van der Waals surface area contributed by atoms with Gasteiger partial charge in [0.1, 0.15) is 0 Å². The van der Waals surface area contributed by atoms with Gasteiger partial charge in [-0.2, -0.15) is 0 Å². The van der Waals surface area contributed by atoms with E-state index < -0.39 is 0 Å². The van der Waals surface area contributed by atoms with Crippen molar-refractivity contribution in [2.24, 2.45) is 10.8 Å². The summed E-state index contributed by atoms with van der Waals surface area (Å²) in [5.41, 5.74) is 1.35. The van der Waals surface area contributed by atoms with Crippen molar-refractivity contribution < 1.29 is 0 Å². The third-order valence-corrected chi connectivity index (χ3v) is 5.89. The Balaban J connectivity index is 0. The molecule has 4 fully saturated rings. The highest BCUT2D eigenvalue weighted by molar-refractivity contribution is 4.93. The van der Waals surface area contributed by atoms with Crippen molar-refractivity contribution >= 4 is 0 Å². The molecule has 2 spiro atoms. The van der Waals surface area contributed by atoms with Crippen LogP contribution in [0.25, 0.3) is 0 Å². The Hall–Kier alpha value is -0.160. The molecule has 4 N–H and O–H groups in total. The Labute approximate surface area is 178 Å². The van der Waals surface area contributed by atoms with Crippen LogP contribution in [0.2, 0.25) is 0 Å². The van der Waals surface area contributed by atoms with Gasteiger partial charge in [0.05, 0.1) is 0 Å². The number of hydrogen-bond acceptors (Lipinski definition) is 4. The predicted molar refractivity (Wildman–Crippen MR) is 129 cm³/mol. The molecule has 4 heterocycles. The second kappa shape index (κ2) is 20.1. The monoisotopic (exact) mass is 400 g/mol. The van der Waals surface area contributed by atoms with Crippen LogP contribution in [0, 0.1) is 10.8 Å². The quantitative estimate of drug-likeness (QED) is 0.471. The molecular formula is C24H56N4. The van der Waals surface area contributed by atoms with Crippen molar-refractivity contribution in [1.82, 2.24) is 21.3 Å². The van der Waals surface area contributed by atoms with Crippen LogP contribution in [-0.4, -0.2) is 52.4 Å². The molecule has 0 aliphatic carbocycles. The van der Waals surface area contributed by atoms with E-state index in [4.69, 9.17) is 0 Å². The maximum absolute atomic E-state index is 3.52. The first-order valence-corrected chi connectivity index (χ1v) is 12.7. The molecule has 0 aromatic heterocycles. The van der Waals surface area contributed by atoms with Gasteiger partial charge in [-0.25, -0.2) is 0 Å². The first-order chi connectivity index (χ1) is 13.8. The summed E-state index contributed by atoms with van der Waals surface area (Å²) in [6.45, 7) is 26.0. The molecule has 4 saturated heterocycles. The zero-order valence-corrected chi connectivity index (χ0v) is 20.9. The molecule has 0 atom stereocenters. The van der Waals surface area contributed by atoms with E-state index in [0.29, 0.717) is 10.8 Å². The average Bonchev–Trinajstić information content (AvgIpc) is 3.48. The van der Waals surface area contributed by atoms with E-state index >= 15 is 0 Å². The molecule has 0 amide bonds. The molecule has 4 rings (SSSR count). The van der Waals surface area contributed by atoms with E-state index in [9.17, 15) is 0 Å². The van der Waals surface area contributed by atoms with Gasteiger partial charge in [0, 0.05) is 19.6 Å². The lowest BCUT2D eigenvalue weighted by atomic mass is 9.73. The molecule has 0 radical (unpaired) electrons. The molecule has 4 nitrogen and oxygen atoms in total. The van der Waals surface area contributed by atoms with Crippen LogP contribution in [0.3, 0.4) is 0 Å². The van der Waals surface area contributed by atoms with Crippen molar-refractivity contribution in [3.63, 3.8) is 0 Å². The molecule has 0 bridgehead atoms. The first-order valence-electron chi connectivity index (χ1n) is 12.7. The Morgan fingerprint density at radius 2 is 0.750 bits per heavy atom. The van der Waals surface area contributed by atoms with Crippen LogP contribution in [0.1, 0.15) is 93.9 Å². The summed E-state index contributed by atoms with van der Waals surface area (Å²) in [6.07, 6.45) is 8.40. The summed E-state index contributed by atoms with van der Waals surface area (Å²) in [6, 6.07) is 0. The Morgan fingerprint density at radius 1 is 0.393 bits per heavy atom. The largest absolute Gasteiger partial charge is 0.317 e. The van der Waals surface area contributed by atoms with E-state index in [2.05, 4.69) is 21.3 Å². The molecule has 4 heteroatoms. The van der Waals surface area contributed by atoms with Crippen molar-refractivity contribution in [2.75, 3.05) is 52.4 Å². The van der Waals surface area contributed by atoms with Gasteiger partial charge in [-0.1, -0.05) is 55.4 Å². The first kappa shape index (κ1) is 30.0. The molecule has 4 aliphatic heterocycles. The van der Waals surface area contributed by atoms with E-state index in [-0.39, 0.29) is 0 Å². The zero-order valence-electron chi connectivity index (χ0n) is 20.9. The number of hydrogen-bond donors (Lipinski definition) is 4. The van der Waals surface area contributed by atoms with Crippen molar-refractivity contribution in [1.29, 1.82) is 0 Å². The second-order valence-corrected chi connectivity index (χ2v) is 7.38. The summed E-state index contributed by atoms with van der Waals surface area (Å²) in [5.74, 6) is 0. The van der Waals surface area contributed by atoms with Gasteiger partial charge in [0.25, 0.3) is 0 Å². The van der Waals surface area contributed by atoms with Gasteiger partial charge >= 0.3 is 0 Å². The highest BCUT2D eigenvalue weighted by atomic mass is 15.0. The Bertz CT molecular complexity index is 246. The van der Waals surface area contributed by atoms with Crippen molar-refractivity contribution in [2.45, 2.75) is 93.9 Å². The van der Waals surface area contributed by atoms with Gasteiger partial charge in [-0.15, -0.1) is 0 Å². The Kier molecular flexibility index (Phi) is 21.6. The standard InChI is InChI=1S/C9H18N2.C7H14N2.4C2H6/c1-2-9(8-11-5-1)3-6-10-7-4-9;1-3-8-5-7(1)2-4-9-6-7;4*1-2/h10-11H,1-8H2;8-9H,1-6H2;4*1-2H3. The Morgan fingerprint density at radius 3 is 1.11 bits per heavy atom. The normalized spacial score (nSPS) is 23.1. The second-order valence-electron chi connectivity index (χ2n) is 7.38. The minimum absolute atomic E-state index is 0.667. The third-order valence-electron chi connectivity index (χ3n) is 5.89.